The van der Waals surface area contributed by atoms with Gasteiger partial charge >= 0.3 is 0 Å². The average Bonchev–Trinajstić information content (AvgIpc) is 3.58. The Morgan fingerprint density at radius 1 is 1.16 bits per heavy atom. The molecule has 170 valence electrons. The number of nitrogens with zero attached hydrogens (tertiary/aromatic N) is 3. The van der Waals surface area contributed by atoms with Crippen LogP contribution >= 0.6 is 0 Å². The number of aromatic nitrogens is 2. The largest absolute Gasteiger partial charge is 0.351 e. The first kappa shape index (κ1) is 21.2. The van der Waals surface area contributed by atoms with E-state index >= 15 is 0 Å². The van der Waals surface area contributed by atoms with E-state index in [1.54, 1.807) is 34.7 Å². The molecule has 2 amide bonds. The fourth-order valence-electron chi connectivity index (χ4n) is 5.05. The first-order chi connectivity index (χ1) is 15.5. The van der Waals surface area contributed by atoms with Crippen molar-refractivity contribution in [1.82, 2.24) is 20.0 Å². The Bertz CT molecular complexity index is 1020. The lowest BCUT2D eigenvalue weighted by atomic mass is 9.93. The molecule has 0 radical (unpaired) electrons. The van der Waals surface area contributed by atoms with E-state index in [1.165, 1.54) is 18.9 Å². The van der Waals surface area contributed by atoms with Crippen molar-refractivity contribution in [2.24, 2.45) is 0 Å². The third kappa shape index (κ3) is 3.93. The Hall–Kier alpha value is -2.70. The summed E-state index contributed by atoms with van der Waals surface area (Å²) < 4.78 is 16.2. The zero-order chi connectivity index (χ0) is 22.3. The number of hydrogen-bond donors (Lipinski definition) is 1. The number of hydrogen-bond acceptors (Lipinski definition) is 3. The average molecular weight is 439 g/mol. The van der Waals surface area contributed by atoms with E-state index in [0.29, 0.717) is 17.2 Å². The normalized spacial score (nSPS) is 24.2. The predicted molar refractivity (Wildman–Crippen MR) is 119 cm³/mol. The summed E-state index contributed by atoms with van der Waals surface area (Å²) >= 11 is 0. The van der Waals surface area contributed by atoms with Crippen LogP contribution in [-0.4, -0.2) is 38.1 Å². The quantitative estimate of drug-likeness (QED) is 0.713. The first-order valence-corrected chi connectivity index (χ1v) is 11.9. The van der Waals surface area contributed by atoms with E-state index in [9.17, 15) is 14.0 Å². The van der Waals surface area contributed by atoms with Crippen molar-refractivity contribution in [2.45, 2.75) is 88.9 Å². The maximum Gasteiger partial charge on any atom is 0.273 e. The highest BCUT2D eigenvalue weighted by molar-refractivity contribution is 5.99. The van der Waals surface area contributed by atoms with E-state index in [4.69, 9.17) is 0 Å². The summed E-state index contributed by atoms with van der Waals surface area (Å²) in [5.74, 6) is -0.405. The molecule has 6 nitrogen and oxygen atoms in total. The molecule has 5 rings (SSSR count). The molecule has 0 bridgehead atoms. The van der Waals surface area contributed by atoms with Gasteiger partial charge in [0.15, 0.2) is 0 Å². The van der Waals surface area contributed by atoms with Crippen molar-refractivity contribution in [3.8, 4) is 0 Å². The highest BCUT2D eigenvalue weighted by atomic mass is 19.1. The predicted octanol–water partition coefficient (Wildman–Crippen LogP) is 4.15. The highest BCUT2D eigenvalue weighted by Gasteiger charge is 2.49. The number of fused-ring (bicyclic) bond motifs is 1. The molecule has 3 aliphatic rings. The Morgan fingerprint density at radius 2 is 1.88 bits per heavy atom. The zero-order valence-corrected chi connectivity index (χ0v) is 18.6. The molecule has 0 saturated heterocycles. The Balaban J connectivity index is 1.48. The monoisotopic (exact) mass is 438 g/mol. The number of rotatable bonds is 5. The van der Waals surface area contributed by atoms with Crippen molar-refractivity contribution in [3.63, 3.8) is 0 Å². The van der Waals surface area contributed by atoms with Gasteiger partial charge in [-0.3, -0.25) is 14.3 Å². The Kier molecular flexibility index (Phi) is 5.51. The van der Waals surface area contributed by atoms with Crippen LogP contribution in [0.4, 0.5) is 4.39 Å². The number of carbonyl (C=O) groups is 2. The van der Waals surface area contributed by atoms with Crippen molar-refractivity contribution >= 4 is 11.8 Å². The van der Waals surface area contributed by atoms with Crippen LogP contribution in [0.5, 0.6) is 0 Å². The van der Waals surface area contributed by atoms with Gasteiger partial charge in [0, 0.05) is 17.5 Å². The molecule has 1 aromatic carbocycles. The highest BCUT2D eigenvalue weighted by Crippen LogP contribution is 2.41. The van der Waals surface area contributed by atoms with Crippen LogP contribution < -0.4 is 5.32 Å². The van der Waals surface area contributed by atoms with E-state index in [-0.39, 0.29) is 36.8 Å². The molecule has 2 heterocycles. The van der Waals surface area contributed by atoms with Gasteiger partial charge < -0.3 is 10.2 Å². The second-order valence-electron chi connectivity index (χ2n) is 9.80. The minimum absolute atomic E-state index is 0.0457. The first-order valence-electron chi connectivity index (χ1n) is 11.9. The summed E-state index contributed by atoms with van der Waals surface area (Å²) in [7, 11) is 0. The molecule has 1 N–H and O–H groups in total. The van der Waals surface area contributed by atoms with Gasteiger partial charge in [0.05, 0.1) is 18.8 Å². The minimum Gasteiger partial charge on any atom is -0.351 e. The van der Waals surface area contributed by atoms with Crippen LogP contribution in [0.3, 0.4) is 0 Å². The smallest absolute Gasteiger partial charge is 0.273 e. The van der Waals surface area contributed by atoms with Gasteiger partial charge in [-0.05, 0) is 44.7 Å². The zero-order valence-electron chi connectivity index (χ0n) is 18.6. The lowest BCUT2D eigenvalue weighted by Crippen LogP contribution is -2.64. The van der Waals surface area contributed by atoms with E-state index < -0.39 is 5.54 Å². The second-order valence-corrected chi connectivity index (χ2v) is 9.80. The topological polar surface area (TPSA) is 67.2 Å². The lowest BCUT2D eigenvalue weighted by Gasteiger charge is -2.44. The summed E-state index contributed by atoms with van der Waals surface area (Å²) in [6, 6.07) is 8.43. The van der Waals surface area contributed by atoms with Gasteiger partial charge in [-0.15, -0.1) is 0 Å². The van der Waals surface area contributed by atoms with Crippen LogP contribution in [0.1, 0.15) is 86.0 Å². The van der Waals surface area contributed by atoms with Gasteiger partial charge in [0.2, 0.25) is 5.91 Å². The van der Waals surface area contributed by atoms with Gasteiger partial charge in [0.25, 0.3) is 5.91 Å². The molecule has 1 aliphatic heterocycles. The van der Waals surface area contributed by atoms with E-state index in [2.05, 4.69) is 10.4 Å². The number of benzene rings is 1. The van der Waals surface area contributed by atoms with Crippen molar-refractivity contribution in [2.75, 3.05) is 0 Å². The van der Waals surface area contributed by atoms with Crippen LogP contribution in [-0.2, 0) is 17.9 Å². The standard InChI is InChI=1S/C25H31FN4O2/c1-25(24(32)27-19-9-4-2-3-5-10-19)16-30-22(14-21(28-30)17-12-13-17)23(31)29(25)15-18-8-6-7-11-20(18)26/h6-8,11,14,17,19H,2-5,9-10,12-13,15-16H2,1H3,(H,27,32)/t25-/m0/s1. The van der Waals surface area contributed by atoms with E-state index in [1.807, 2.05) is 6.07 Å². The maximum absolute atomic E-state index is 14.5. The van der Waals surface area contributed by atoms with Crippen LogP contribution in [0.2, 0.25) is 0 Å². The fraction of sp³-hybridized carbons (Fsp3) is 0.560. The second kappa shape index (κ2) is 8.34. The molecule has 7 heteroatoms. The molecular weight excluding hydrogens is 407 g/mol. The molecule has 0 unspecified atom stereocenters. The molecule has 2 aromatic rings. The van der Waals surface area contributed by atoms with Crippen LogP contribution in [0, 0.1) is 5.82 Å². The third-order valence-electron chi connectivity index (χ3n) is 7.28. The van der Waals surface area contributed by atoms with Crippen molar-refractivity contribution in [3.05, 3.63) is 53.1 Å². The molecule has 1 atom stereocenters. The molecule has 2 saturated carbocycles. The van der Waals surface area contributed by atoms with Crippen LogP contribution in [0.15, 0.2) is 30.3 Å². The lowest BCUT2D eigenvalue weighted by molar-refractivity contribution is -0.134. The number of carbonyl (C=O) groups excluding carboxylic acids is 2. The summed E-state index contributed by atoms with van der Waals surface area (Å²) in [6.07, 6.45) is 8.70. The fourth-order valence-corrected chi connectivity index (χ4v) is 5.05. The van der Waals surface area contributed by atoms with Crippen molar-refractivity contribution in [1.29, 1.82) is 0 Å². The number of nitrogens with one attached hydrogen (secondary N) is 1. The van der Waals surface area contributed by atoms with Crippen LogP contribution in [0.25, 0.3) is 0 Å². The Labute approximate surface area is 188 Å². The summed E-state index contributed by atoms with van der Waals surface area (Å²) in [5, 5.41) is 7.90. The summed E-state index contributed by atoms with van der Waals surface area (Å²) in [6.45, 7) is 2.11. The Morgan fingerprint density at radius 3 is 2.56 bits per heavy atom. The molecule has 32 heavy (non-hydrogen) atoms. The van der Waals surface area contributed by atoms with Crippen molar-refractivity contribution < 1.29 is 14.0 Å². The third-order valence-corrected chi connectivity index (χ3v) is 7.28. The molecular formula is C25H31FN4O2. The summed E-state index contributed by atoms with van der Waals surface area (Å²) in [4.78, 5) is 28.8. The summed E-state index contributed by atoms with van der Waals surface area (Å²) in [5.41, 5.74) is 0.672. The van der Waals surface area contributed by atoms with Gasteiger partial charge in [-0.1, -0.05) is 43.9 Å². The number of amides is 2. The van der Waals surface area contributed by atoms with Gasteiger partial charge in [0.1, 0.15) is 17.1 Å². The van der Waals surface area contributed by atoms with E-state index in [0.717, 1.165) is 44.2 Å². The number of halogens is 1. The van der Waals surface area contributed by atoms with Gasteiger partial charge in [-0.2, -0.15) is 5.10 Å². The molecule has 2 fully saturated rings. The minimum atomic E-state index is -1.15. The molecule has 1 aromatic heterocycles. The maximum atomic E-state index is 14.5. The molecule has 2 aliphatic carbocycles. The SMILES string of the molecule is C[C@@]1(C(=O)NC2CCCCCC2)Cn2nc(C3CC3)cc2C(=O)N1Cc1ccccc1F. The molecule has 0 spiro atoms. The van der Waals surface area contributed by atoms with Gasteiger partial charge in [-0.25, -0.2) is 4.39 Å².